The zero-order chi connectivity index (χ0) is 13.8. The van der Waals surface area contributed by atoms with E-state index in [2.05, 4.69) is 0 Å². The molecule has 2 unspecified atom stereocenters. The van der Waals surface area contributed by atoms with Crippen molar-refractivity contribution in [1.29, 1.82) is 0 Å². The molecule has 0 aliphatic carbocycles. The normalized spacial score (nSPS) is 14.2. The van der Waals surface area contributed by atoms with Crippen molar-refractivity contribution in [2.45, 2.75) is 90.8 Å². The highest BCUT2D eigenvalue weighted by Gasteiger charge is 2.04. The minimum absolute atomic E-state index is 0.0635. The van der Waals surface area contributed by atoms with Crippen LogP contribution in [0.25, 0.3) is 0 Å². The van der Waals surface area contributed by atoms with E-state index >= 15 is 0 Å². The van der Waals surface area contributed by atoms with Crippen LogP contribution in [-0.4, -0.2) is 23.3 Å². The van der Waals surface area contributed by atoms with E-state index in [1.54, 1.807) is 0 Å². The number of carbonyl (C=O) groups is 1. The van der Waals surface area contributed by atoms with E-state index < -0.39 is 0 Å². The van der Waals surface area contributed by atoms with E-state index in [1.165, 1.54) is 39.0 Å². The van der Waals surface area contributed by atoms with Gasteiger partial charge in [-0.15, -0.1) is 0 Å². The zero-order valence-corrected chi connectivity index (χ0v) is 12.3. The Balaban J connectivity index is 3.14. The molecule has 18 heavy (non-hydrogen) atoms. The molecule has 0 saturated heterocycles. The highest BCUT2D eigenvalue weighted by molar-refractivity contribution is 5.66. The Morgan fingerprint density at radius 2 is 1.39 bits per heavy atom. The number of hydrogen-bond donors (Lipinski definition) is 1. The maximum Gasteiger partial charge on any atom is 0.302 e. The van der Waals surface area contributed by atoms with Gasteiger partial charge in [0.05, 0.1) is 12.2 Å². The Bertz CT molecular complexity index is 202. The molecule has 0 saturated carbocycles. The third-order valence-electron chi connectivity index (χ3n) is 3.10. The van der Waals surface area contributed by atoms with Gasteiger partial charge in [0.1, 0.15) is 0 Å². The molecular weight excluding hydrogens is 228 g/mol. The molecule has 0 heterocycles. The lowest BCUT2D eigenvalue weighted by Gasteiger charge is -2.11. The average molecular weight is 258 g/mol. The lowest BCUT2D eigenvalue weighted by Crippen LogP contribution is -2.11. The van der Waals surface area contributed by atoms with Crippen molar-refractivity contribution in [3.05, 3.63) is 0 Å². The van der Waals surface area contributed by atoms with Crippen molar-refractivity contribution in [3.8, 4) is 0 Å². The molecule has 3 heteroatoms. The second-order valence-corrected chi connectivity index (χ2v) is 5.32. The lowest BCUT2D eigenvalue weighted by atomic mass is 10.1. The number of rotatable bonds is 11. The lowest BCUT2D eigenvalue weighted by molar-refractivity contribution is -0.145. The van der Waals surface area contributed by atoms with E-state index in [0.717, 1.165) is 25.7 Å². The number of ether oxygens (including phenoxy) is 1. The Labute approximate surface area is 112 Å². The van der Waals surface area contributed by atoms with Gasteiger partial charge in [0.25, 0.3) is 0 Å². The summed E-state index contributed by atoms with van der Waals surface area (Å²) in [7, 11) is 0. The monoisotopic (exact) mass is 258 g/mol. The standard InChI is InChI=1S/C15H30O3/c1-13(16)11-9-7-5-4-6-8-10-12-14(2)18-15(3)17/h13-14,16H,4-12H2,1-3H3. The van der Waals surface area contributed by atoms with Crippen molar-refractivity contribution in [2.24, 2.45) is 0 Å². The van der Waals surface area contributed by atoms with Gasteiger partial charge < -0.3 is 9.84 Å². The fourth-order valence-corrected chi connectivity index (χ4v) is 2.10. The third-order valence-corrected chi connectivity index (χ3v) is 3.10. The van der Waals surface area contributed by atoms with Crippen molar-refractivity contribution in [3.63, 3.8) is 0 Å². The zero-order valence-electron chi connectivity index (χ0n) is 12.3. The van der Waals surface area contributed by atoms with Gasteiger partial charge in [-0.25, -0.2) is 0 Å². The Morgan fingerprint density at radius 1 is 0.944 bits per heavy atom. The summed E-state index contributed by atoms with van der Waals surface area (Å²) in [5.74, 6) is -0.180. The summed E-state index contributed by atoms with van der Waals surface area (Å²) in [6, 6.07) is 0. The molecule has 0 fully saturated rings. The molecular formula is C15H30O3. The molecule has 0 spiro atoms. The summed E-state index contributed by atoms with van der Waals surface area (Å²) in [6.45, 7) is 5.27. The van der Waals surface area contributed by atoms with Gasteiger partial charge >= 0.3 is 5.97 Å². The average Bonchev–Trinajstić information content (AvgIpc) is 2.25. The van der Waals surface area contributed by atoms with Crippen LogP contribution in [0.15, 0.2) is 0 Å². The summed E-state index contributed by atoms with van der Waals surface area (Å²) in [5, 5.41) is 9.10. The number of aliphatic hydroxyl groups excluding tert-OH is 1. The van der Waals surface area contributed by atoms with Crippen LogP contribution in [0, 0.1) is 0 Å². The first kappa shape index (κ1) is 17.4. The van der Waals surface area contributed by atoms with Crippen molar-refractivity contribution >= 4 is 5.97 Å². The van der Waals surface area contributed by atoms with Crippen molar-refractivity contribution < 1.29 is 14.6 Å². The van der Waals surface area contributed by atoms with Gasteiger partial charge in [-0.1, -0.05) is 38.5 Å². The molecule has 2 atom stereocenters. The summed E-state index contributed by atoms with van der Waals surface area (Å²) in [5.41, 5.74) is 0. The molecule has 0 radical (unpaired) electrons. The van der Waals surface area contributed by atoms with Gasteiger partial charge in [0.2, 0.25) is 0 Å². The first-order chi connectivity index (χ1) is 8.52. The number of unbranched alkanes of at least 4 members (excludes halogenated alkanes) is 6. The molecule has 0 aliphatic rings. The molecule has 1 N–H and O–H groups in total. The minimum atomic E-state index is -0.180. The molecule has 0 aromatic heterocycles. The fourth-order valence-electron chi connectivity index (χ4n) is 2.10. The molecule has 3 nitrogen and oxygen atoms in total. The number of hydrogen-bond acceptors (Lipinski definition) is 3. The molecule has 0 aliphatic heterocycles. The van der Waals surface area contributed by atoms with Gasteiger partial charge in [-0.05, 0) is 33.1 Å². The Kier molecular flexibility index (Phi) is 11.2. The van der Waals surface area contributed by atoms with Crippen LogP contribution in [0.3, 0.4) is 0 Å². The Morgan fingerprint density at radius 3 is 1.83 bits per heavy atom. The smallest absolute Gasteiger partial charge is 0.302 e. The van der Waals surface area contributed by atoms with Crippen LogP contribution >= 0.6 is 0 Å². The second-order valence-electron chi connectivity index (χ2n) is 5.32. The number of carbonyl (C=O) groups excluding carboxylic acids is 1. The molecule has 0 aromatic rings. The summed E-state index contributed by atoms with van der Waals surface area (Å²) in [4.78, 5) is 10.7. The first-order valence-electron chi connectivity index (χ1n) is 7.37. The van der Waals surface area contributed by atoms with E-state index in [0.29, 0.717) is 0 Å². The summed E-state index contributed by atoms with van der Waals surface area (Å²) < 4.78 is 5.07. The maximum atomic E-state index is 10.7. The van der Waals surface area contributed by atoms with Crippen LogP contribution in [0.5, 0.6) is 0 Å². The van der Waals surface area contributed by atoms with E-state index in [9.17, 15) is 4.79 Å². The maximum absolute atomic E-state index is 10.7. The number of esters is 1. The highest BCUT2D eigenvalue weighted by Crippen LogP contribution is 2.12. The van der Waals surface area contributed by atoms with Gasteiger partial charge in [-0.3, -0.25) is 4.79 Å². The van der Waals surface area contributed by atoms with Crippen LogP contribution in [0.2, 0.25) is 0 Å². The van der Waals surface area contributed by atoms with E-state index in [-0.39, 0.29) is 18.2 Å². The van der Waals surface area contributed by atoms with Crippen molar-refractivity contribution in [2.75, 3.05) is 0 Å². The fraction of sp³-hybridized carbons (Fsp3) is 0.933. The van der Waals surface area contributed by atoms with Gasteiger partial charge in [0, 0.05) is 6.92 Å². The van der Waals surface area contributed by atoms with Crippen LogP contribution < -0.4 is 0 Å². The number of aliphatic hydroxyl groups is 1. The minimum Gasteiger partial charge on any atom is -0.463 e. The van der Waals surface area contributed by atoms with Crippen LogP contribution in [-0.2, 0) is 9.53 Å². The van der Waals surface area contributed by atoms with E-state index in [1.807, 2.05) is 13.8 Å². The largest absolute Gasteiger partial charge is 0.463 e. The van der Waals surface area contributed by atoms with Crippen LogP contribution in [0.1, 0.15) is 78.6 Å². The predicted octanol–water partition coefficient (Wildman–Crippen LogP) is 3.83. The Hall–Kier alpha value is -0.570. The third kappa shape index (κ3) is 13.5. The summed E-state index contributed by atoms with van der Waals surface area (Å²) in [6.07, 6.45) is 10.4. The van der Waals surface area contributed by atoms with Crippen LogP contribution in [0.4, 0.5) is 0 Å². The first-order valence-corrected chi connectivity index (χ1v) is 7.37. The quantitative estimate of drug-likeness (QED) is 0.452. The van der Waals surface area contributed by atoms with Gasteiger partial charge in [-0.2, -0.15) is 0 Å². The predicted molar refractivity (Wildman–Crippen MR) is 74.5 cm³/mol. The van der Waals surface area contributed by atoms with Gasteiger partial charge in [0.15, 0.2) is 0 Å². The second kappa shape index (κ2) is 11.5. The van der Waals surface area contributed by atoms with E-state index in [4.69, 9.17) is 9.84 Å². The van der Waals surface area contributed by atoms with Crippen molar-refractivity contribution in [1.82, 2.24) is 0 Å². The molecule has 0 bridgehead atoms. The molecule has 0 amide bonds. The molecule has 108 valence electrons. The molecule has 0 rings (SSSR count). The SMILES string of the molecule is CC(=O)OC(C)CCCCCCCCCC(C)O. The summed E-state index contributed by atoms with van der Waals surface area (Å²) >= 11 is 0. The highest BCUT2D eigenvalue weighted by atomic mass is 16.5. The molecule has 0 aromatic carbocycles. The topological polar surface area (TPSA) is 46.5 Å².